The van der Waals surface area contributed by atoms with Crippen LogP contribution in [0.15, 0.2) is 42.6 Å². The molecule has 0 radical (unpaired) electrons. The number of ether oxygens (including phenoxy) is 2. The number of hydrogen-bond donors (Lipinski definition) is 1. The Balaban J connectivity index is 2.50. The first-order chi connectivity index (χ1) is 9.31. The molecule has 4 heteroatoms. The second-order valence-corrected chi connectivity index (χ2v) is 4.05. The summed E-state index contributed by atoms with van der Waals surface area (Å²) in [4.78, 5) is 4.43. The fraction of sp³-hybridized carbons (Fsp3) is 0.267. The van der Waals surface area contributed by atoms with Gasteiger partial charge >= 0.3 is 0 Å². The van der Waals surface area contributed by atoms with E-state index in [0.29, 0.717) is 0 Å². The molecule has 1 heterocycles. The smallest absolute Gasteiger partial charge is 0.142 e. The van der Waals surface area contributed by atoms with E-state index in [4.69, 9.17) is 9.47 Å². The van der Waals surface area contributed by atoms with Gasteiger partial charge in [-0.1, -0.05) is 18.2 Å². The summed E-state index contributed by atoms with van der Waals surface area (Å²) in [6.45, 7) is 0. The maximum Gasteiger partial charge on any atom is 0.142 e. The summed E-state index contributed by atoms with van der Waals surface area (Å²) in [7, 11) is 5.21. The molecule has 4 nitrogen and oxygen atoms in total. The standard InChI is InChI=1S/C15H18N2O2/c1-16-14(11-7-4-5-8-12(11)18-2)15-13(19-3)9-6-10-17-15/h4-10,14,16H,1-3H3. The van der Waals surface area contributed by atoms with Crippen molar-refractivity contribution in [2.45, 2.75) is 6.04 Å². The Morgan fingerprint density at radius 1 is 1.00 bits per heavy atom. The molecule has 0 saturated carbocycles. The molecule has 0 aliphatic carbocycles. The van der Waals surface area contributed by atoms with Gasteiger partial charge in [0.25, 0.3) is 0 Å². The number of hydrogen-bond acceptors (Lipinski definition) is 4. The Kier molecular flexibility index (Phi) is 4.36. The summed E-state index contributed by atoms with van der Waals surface area (Å²) in [5.41, 5.74) is 1.88. The van der Waals surface area contributed by atoms with Gasteiger partial charge in [0.1, 0.15) is 17.2 Å². The van der Waals surface area contributed by atoms with Gasteiger partial charge < -0.3 is 14.8 Å². The van der Waals surface area contributed by atoms with Gasteiger partial charge in [0.05, 0.1) is 20.3 Å². The molecule has 0 fully saturated rings. The monoisotopic (exact) mass is 258 g/mol. The molecule has 0 aliphatic heterocycles. The van der Waals surface area contributed by atoms with Gasteiger partial charge in [0.15, 0.2) is 0 Å². The van der Waals surface area contributed by atoms with E-state index >= 15 is 0 Å². The summed E-state index contributed by atoms with van der Waals surface area (Å²) < 4.78 is 10.8. The van der Waals surface area contributed by atoms with E-state index in [2.05, 4.69) is 10.3 Å². The lowest BCUT2D eigenvalue weighted by Crippen LogP contribution is -2.20. The average molecular weight is 258 g/mol. The first kappa shape index (κ1) is 13.4. The highest BCUT2D eigenvalue weighted by atomic mass is 16.5. The van der Waals surface area contributed by atoms with Crippen LogP contribution in [0, 0.1) is 0 Å². The number of aromatic nitrogens is 1. The maximum absolute atomic E-state index is 5.41. The van der Waals surface area contributed by atoms with Gasteiger partial charge in [-0.15, -0.1) is 0 Å². The normalized spacial score (nSPS) is 11.9. The van der Waals surface area contributed by atoms with Crippen molar-refractivity contribution in [1.82, 2.24) is 10.3 Å². The van der Waals surface area contributed by atoms with Gasteiger partial charge in [-0.25, -0.2) is 0 Å². The quantitative estimate of drug-likeness (QED) is 0.894. The van der Waals surface area contributed by atoms with Gasteiger partial charge in [-0.05, 0) is 25.2 Å². The molecule has 1 atom stereocenters. The zero-order chi connectivity index (χ0) is 13.7. The summed E-state index contributed by atoms with van der Waals surface area (Å²) >= 11 is 0. The molecule has 0 spiro atoms. The van der Waals surface area contributed by atoms with Crippen molar-refractivity contribution in [1.29, 1.82) is 0 Å². The van der Waals surface area contributed by atoms with Gasteiger partial charge in [-0.2, -0.15) is 0 Å². The fourth-order valence-corrected chi connectivity index (χ4v) is 2.14. The predicted octanol–water partition coefficient (Wildman–Crippen LogP) is 2.41. The highest BCUT2D eigenvalue weighted by molar-refractivity contribution is 5.43. The molecule has 1 aromatic heterocycles. The summed E-state index contributed by atoms with van der Waals surface area (Å²) in [5, 5.41) is 3.26. The van der Waals surface area contributed by atoms with E-state index < -0.39 is 0 Å². The Labute approximate surface area is 113 Å². The van der Waals surface area contributed by atoms with Gasteiger partial charge in [0, 0.05) is 11.8 Å². The zero-order valence-corrected chi connectivity index (χ0v) is 11.4. The molecule has 2 rings (SSSR count). The maximum atomic E-state index is 5.41. The average Bonchev–Trinajstić information content (AvgIpc) is 2.49. The molecular formula is C15H18N2O2. The molecule has 1 N–H and O–H groups in total. The van der Waals surface area contributed by atoms with Crippen LogP contribution < -0.4 is 14.8 Å². The van der Waals surface area contributed by atoms with Crippen LogP contribution in [0.1, 0.15) is 17.3 Å². The molecule has 0 aliphatic rings. The first-order valence-corrected chi connectivity index (χ1v) is 6.11. The highest BCUT2D eigenvalue weighted by Gasteiger charge is 2.20. The number of benzene rings is 1. The van der Waals surface area contributed by atoms with E-state index in [9.17, 15) is 0 Å². The number of methoxy groups -OCH3 is 2. The van der Waals surface area contributed by atoms with Crippen LogP contribution in [-0.4, -0.2) is 26.3 Å². The van der Waals surface area contributed by atoms with Crippen LogP contribution in [0.2, 0.25) is 0 Å². The molecule has 0 saturated heterocycles. The third-order valence-corrected chi connectivity index (χ3v) is 3.03. The Hall–Kier alpha value is -2.07. The second kappa shape index (κ2) is 6.20. The Morgan fingerprint density at radius 2 is 1.68 bits per heavy atom. The van der Waals surface area contributed by atoms with Gasteiger partial charge in [0.2, 0.25) is 0 Å². The third-order valence-electron chi connectivity index (χ3n) is 3.03. The SMILES string of the molecule is CNC(c1ccccc1OC)c1ncccc1OC. The van der Waals surface area contributed by atoms with Crippen LogP contribution in [-0.2, 0) is 0 Å². The van der Waals surface area contributed by atoms with Crippen molar-refractivity contribution < 1.29 is 9.47 Å². The molecule has 19 heavy (non-hydrogen) atoms. The predicted molar refractivity (Wildman–Crippen MR) is 74.7 cm³/mol. The lowest BCUT2D eigenvalue weighted by atomic mass is 10.0. The number of rotatable bonds is 5. The number of nitrogens with one attached hydrogen (secondary N) is 1. The van der Waals surface area contributed by atoms with Crippen molar-refractivity contribution >= 4 is 0 Å². The first-order valence-electron chi connectivity index (χ1n) is 6.11. The van der Waals surface area contributed by atoms with Crippen LogP contribution >= 0.6 is 0 Å². The van der Waals surface area contributed by atoms with Crippen molar-refractivity contribution in [2.75, 3.05) is 21.3 Å². The topological polar surface area (TPSA) is 43.4 Å². The van der Waals surface area contributed by atoms with Crippen LogP contribution in [0.25, 0.3) is 0 Å². The molecule has 1 unspecified atom stereocenters. The summed E-state index contributed by atoms with van der Waals surface area (Å²) in [6, 6.07) is 11.6. The minimum atomic E-state index is -0.0766. The largest absolute Gasteiger partial charge is 0.496 e. The van der Waals surface area contributed by atoms with E-state index in [1.807, 2.05) is 43.4 Å². The van der Waals surface area contributed by atoms with Crippen LogP contribution in [0.3, 0.4) is 0 Å². The molecular weight excluding hydrogens is 240 g/mol. The third kappa shape index (κ3) is 2.69. The van der Waals surface area contributed by atoms with Crippen molar-refractivity contribution in [3.63, 3.8) is 0 Å². The minimum absolute atomic E-state index is 0.0766. The highest BCUT2D eigenvalue weighted by Crippen LogP contribution is 2.32. The van der Waals surface area contributed by atoms with Gasteiger partial charge in [-0.3, -0.25) is 4.98 Å². The Morgan fingerprint density at radius 3 is 2.37 bits per heavy atom. The number of para-hydroxylation sites is 1. The summed E-state index contributed by atoms with van der Waals surface area (Å²) in [5.74, 6) is 1.59. The molecule has 0 amide bonds. The lowest BCUT2D eigenvalue weighted by molar-refractivity contribution is 0.393. The minimum Gasteiger partial charge on any atom is -0.496 e. The van der Waals surface area contributed by atoms with E-state index in [1.54, 1.807) is 20.4 Å². The van der Waals surface area contributed by atoms with Crippen molar-refractivity contribution in [2.24, 2.45) is 0 Å². The van der Waals surface area contributed by atoms with E-state index in [-0.39, 0.29) is 6.04 Å². The number of pyridine rings is 1. The fourth-order valence-electron chi connectivity index (χ4n) is 2.14. The zero-order valence-electron chi connectivity index (χ0n) is 11.4. The summed E-state index contributed by atoms with van der Waals surface area (Å²) in [6.07, 6.45) is 1.76. The molecule has 0 bridgehead atoms. The van der Waals surface area contributed by atoms with Crippen LogP contribution in [0.5, 0.6) is 11.5 Å². The Bertz CT molecular complexity index is 496. The van der Waals surface area contributed by atoms with Crippen molar-refractivity contribution in [3.05, 3.63) is 53.9 Å². The van der Waals surface area contributed by atoms with Crippen LogP contribution in [0.4, 0.5) is 0 Å². The van der Waals surface area contributed by atoms with Crippen molar-refractivity contribution in [3.8, 4) is 11.5 Å². The molecule has 2 aromatic rings. The second-order valence-electron chi connectivity index (χ2n) is 4.05. The van der Waals surface area contributed by atoms with E-state index in [1.165, 1.54) is 0 Å². The lowest BCUT2D eigenvalue weighted by Gasteiger charge is -2.20. The molecule has 100 valence electrons. The van der Waals surface area contributed by atoms with E-state index in [0.717, 1.165) is 22.8 Å². The molecule has 1 aromatic carbocycles. The number of nitrogens with zero attached hydrogens (tertiary/aromatic N) is 1.